The Kier molecular flexibility index (Phi) is 4.80. The van der Waals surface area contributed by atoms with Crippen molar-refractivity contribution in [3.05, 3.63) is 65.2 Å². The first kappa shape index (κ1) is 14.6. The third-order valence-electron chi connectivity index (χ3n) is 3.70. The summed E-state index contributed by atoms with van der Waals surface area (Å²) in [4.78, 5) is 0. The molecule has 0 aromatic heterocycles. The van der Waals surface area contributed by atoms with Gasteiger partial charge in [0.1, 0.15) is 11.9 Å². The number of ether oxygens (including phenoxy) is 1. The summed E-state index contributed by atoms with van der Waals surface area (Å²) >= 11 is 0. The molecule has 0 aliphatic carbocycles. The van der Waals surface area contributed by atoms with E-state index in [4.69, 9.17) is 10.5 Å². The maximum absolute atomic E-state index is 6.29. The Morgan fingerprint density at radius 3 is 2.15 bits per heavy atom. The Morgan fingerprint density at radius 2 is 1.55 bits per heavy atom. The molecule has 0 amide bonds. The lowest BCUT2D eigenvalue weighted by atomic mass is 9.96. The second kappa shape index (κ2) is 6.58. The largest absolute Gasteiger partial charge is 0.484 e. The SMILES string of the molecule is CCC(N)C(Oc1ccccc1C)c1ccccc1C. The molecular formula is C18H23NO. The van der Waals surface area contributed by atoms with Crippen LogP contribution in [0.25, 0.3) is 0 Å². The van der Waals surface area contributed by atoms with E-state index >= 15 is 0 Å². The van der Waals surface area contributed by atoms with E-state index in [1.807, 2.05) is 30.3 Å². The van der Waals surface area contributed by atoms with Crippen LogP contribution in [0.15, 0.2) is 48.5 Å². The number of rotatable bonds is 5. The molecule has 0 spiro atoms. The maximum Gasteiger partial charge on any atom is 0.139 e. The lowest BCUT2D eigenvalue weighted by molar-refractivity contribution is 0.169. The van der Waals surface area contributed by atoms with Gasteiger partial charge in [0.05, 0.1) is 0 Å². The van der Waals surface area contributed by atoms with Gasteiger partial charge in [-0.2, -0.15) is 0 Å². The lowest BCUT2D eigenvalue weighted by Crippen LogP contribution is -2.32. The van der Waals surface area contributed by atoms with Gasteiger partial charge < -0.3 is 10.5 Å². The Hall–Kier alpha value is -1.80. The van der Waals surface area contributed by atoms with E-state index in [1.54, 1.807) is 0 Å². The zero-order chi connectivity index (χ0) is 14.5. The van der Waals surface area contributed by atoms with E-state index in [1.165, 1.54) is 11.1 Å². The van der Waals surface area contributed by atoms with Crippen molar-refractivity contribution in [3.8, 4) is 5.75 Å². The van der Waals surface area contributed by atoms with Crippen LogP contribution in [0.5, 0.6) is 5.75 Å². The van der Waals surface area contributed by atoms with Crippen LogP contribution in [0.4, 0.5) is 0 Å². The number of para-hydroxylation sites is 1. The molecule has 0 heterocycles. The molecule has 2 N–H and O–H groups in total. The van der Waals surface area contributed by atoms with Crippen molar-refractivity contribution < 1.29 is 4.74 Å². The average molecular weight is 269 g/mol. The summed E-state index contributed by atoms with van der Waals surface area (Å²) in [6.07, 6.45) is 0.771. The third kappa shape index (κ3) is 3.20. The van der Waals surface area contributed by atoms with Gasteiger partial charge in [-0.05, 0) is 43.0 Å². The van der Waals surface area contributed by atoms with E-state index in [2.05, 4.69) is 39.0 Å². The third-order valence-corrected chi connectivity index (χ3v) is 3.70. The monoisotopic (exact) mass is 269 g/mol. The molecule has 2 aromatic rings. The van der Waals surface area contributed by atoms with E-state index in [0.717, 1.165) is 17.7 Å². The van der Waals surface area contributed by atoms with Crippen molar-refractivity contribution in [3.63, 3.8) is 0 Å². The first-order chi connectivity index (χ1) is 9.63. The smallest absolute Gasteiger partial charge is 0.139 e. The quantitative estimate of drug-likeness (QED) is 0.884. The number of aryl methyl sites for hydroxylation is 2. The fraction of sp³-hybridized carbons (Fsp3) is 0.333. The highest BCUT2D eigenvalue weighted by Crippen LogP contribution is 2.29. The van der Waals surface area contributed by atoms with Crippen LogP contribution in [-0.4, -0.2) is 6.04 Å². The first-order valence-electron chi connectivity index (χ1n) is 7.17. The Labute approximate surface area is 121 Å². The standard InChI is InChI=1S/C18H23NO/c1-4-16(19)18(15-11-7-5-9-13(15)2)20-17-12-8-6-10-14(17)3/h5-12,16,18H,4,19H2,1-3H3. The molecule has 0 aliphatic heterocycles. The van der Waals surface area contributed by atoms with Crippen molar-refractivity contribution in [1.29, 1.82) is 0 Å². The van der Waals surface area contributed by atoms with Crippen LogP contribution in [-0.2, 0) is 0 Å². The van der Waals surface area contributed by atoms with E-state index in [9.17, 15) is 0 Å². The molecule has 2 aromatic carbocycles. The molecule has 0 aliphatic rings. The maximum atomic E-state index is 6.29. The van der Waals surface area contributed by atoms with Gasteiger partial charge in [0.15, 0.2) is 0 Å². The van der Waals surface area contributed by atoms with Crippen LogP contribution >= 0.6 is 0 Å². The molecule has 0 fully saturated rings. The molecule has 2 rings (SSSR count). The van der Waals surface area contributed by atoms with Gasteiger partial charge in [-0.1, -0.05) is 49.4 Å². The zero-order valence-corrected chi connectivity index (χ0v) is 12.5. The highest BCUT2D eigenvalue weighted by Gasteiger charge is 2.22. The van der Waals surface area contributed by atoms with Crippen molar-refractivity contribution in [2.75, 3.05) is 0 Å². The zero-order valence-electron chi connectivity index (χ0n) is 12.5. The van der Waals surface area contributed by atoms with Crippen molar-refractivity contribution in [1.82, 2.24) is 0 Å². The normalized spacial score (nSPS) is 13.8. The molecule has 2 heteroatoms. The van der Waals surface area contributed by atoms with Crippen molar-refractivity contribution in [2.24, 2.45) is 5.73 Å². The molecule has 0 radical (unpaired) electrons. The minimum atomic E-state index is -0.109. The summed E-state index contributed by atoms with van der Waals surface area (Å²) in [7, 11) is 0. The van der Waals surface area contributed by atoms with Gasteiger partial charge in [-0.15, -0.1) is 0 Å². The van der Waals surface area contributed by atoms with Crippen LogP contribution in [0.1, 0.15) is 36.1 Å². The summed E-state index contributed by atoms with van der Waals surface area (Å²) in [6, 6.07) is 16.3. The highest BCUT2D eigenvalue weighted by atomic mass is 16.5. The predicted molar refractivity (Wildman–Crippen MR) is 84.0 cm³/mol. The Morgan fingerprint density at radius 1 is 0.950 bits per heavy atom. The molecule has 2 nitrogen and oxygen atoms in total. The van der Waals surface area contributed by atoms with Gasteiger partial charge >= 0.3 is 0 Å². The summed E-state index contributed by atoms with van der Waals surface area (Å²) in [6.45, 7) is 6.25. The molecule has 0 bridgehead atoms. The van der Waals surface area contributed by atoms with Crippen LogP contribution in [0.2, 0.25) is 0 Å². The molecule has 2 unspecified atom stereocenters. The predicted octanol–water partition coefficient (Wildman–Crippen LogP) is 4.16. The molecule has 106 valence electrons. The second-order valence-electron chi connectivity index (χ2n) is 5.23. The highest BCUT2D eigenvalue weighted by molar-refractivity contribution is 5.35. The minimum Gasteiger partial charge on any atom is -0.484 e. The summed E-state index contributed by atoms with van der Waals surface area (Å²) in [5.74, 6) is 0.907. The van der Waals surface area contributed by atoms with E-state index in [-0.39, 0.29) is 12.1 Å². The molecule has 2 atom stereocenters. The molecule has 0 saturated carbocycles. The number of benzene rings is 2. The minimum absolute atomic E-state index is 0.0179. The number of hydrogen-bond acceptors (Lipinski definition) is 2. The molecule has 20 heavy (non-hydrogen) atoms. The fourth-order valence-corrected chi connectivity index (χ4v) is 2.33. The van der Waals surface area contributed by atoms with Crippen LogP contribution in [0.3, 0.4) is 0 Å². The summed E-state index contributed by atoms with van der Waals surface area (Å²) in [5, 5.41) is 0. The van der Waals surface area contributed by atoms with Crippen LogP contribution in [0, 0.1) is 13.8 Å². The van der Waals surface area contributed by atoms with E-state index < -0.39 is 0 Å². The summed E-state index contributed by atoms with van der Waals surface area (Å²) in [5.41, 5.74) is 9.81. The fourth-order valence-electron chi connectivity index (χ4n) is 2.33. The Bertz CT molecular complexity index is 565. The van der Waals surface area contributed by atoms with Crippen molar-refractivity contribution >= 4 is 0 Å². The summed E-state index contributed by atoms with van der Waals surface area (Å²) < 4.78 is 6.24. The molecular weight excluding hydrogens is 246 g/mol. The topological polar surface area (TPSA) is 35.2 Å². The van der Waals surface area contributed by atoms with Crippen LogP contribution < -0.4 is 10.5 Å². The van der Waals surface area contributed by atoms with Crippen molar-refractivity contribution in [2.45, 2.75) is 39.3 Å². The van der Waals surface area contributed by atoms with E-state index in [0.29, 0.717) is 0 Å². The second-order valence-corrected chi connectivity index (χ2v) is 5.23. The average Bonchev–Trinajstić information content (AvgIpc) is 2.47. The molecule has 0 saturated heterocycles. The van der Waals surface area contributed by atoms with Gasteiger partial charge in [-0.25, -0.2) is 0 Å². The van der Waals surface area contributed by atoms with Gasteiger partial charge in [0, 0.05) is 6.04 Å². The lowest BCUT2D eigenvalue weighted by Gasteiger charge is -2.26. The van der Waals surface area contributed by atoms with Gasteiger partial charge in [0.25, 0.3) is 0 Å². The number of hydrogen-bond donors (Lipinski definition) is 1. The van der Waals surface area contributed by atoms with Gasteiger partial charge in [-0.3, -0.25) is 0 Å². The Balaban J connectivity index is 2.35. The first-order valence-corrected chi connectivity index (χ1v) is 7.17. The number of nitrogens with two attached hydrogens (primary N) is 1. The van der Waals surface area contributed by atoms with Gasteiger partial charge in [0.2, 0.25) is 0 Å².